The molecule has 0 radical (unpaired) electrons. The molecule has 0 amide bonds. The third kappa shape index (κ3) is 6.69. The zero-order valence-electron chi connectivity index (χ0n) is 12.8. The molecule has 0 saturated heterocycles. The van der Waals surface area contributed by atoms with Gasteiger partial charge in [-0.25, -0.2) is 13.1 Å². The molecule has 120 valence electrons. The summed E-state index contributed by atoms with van der Waals surface area (Å²) in [5, 5.41) is 3.29. The molecular formula is C14H24N2O3S2. The first-order valence-corrected chi connectivity index (χ1v) is 9.66. The molecule has 5 nitrogen and oxygen atoms in total. The van der Waals surface area contributed by atoms with Gasteiger partial charge in [0.05, 0.1) is 11.5 Å². The Labute approximate surface area is 131 Å². The Bertz CT molecular complexity index is 503. The van der Waals surface area contributed by atoms with Gasteiger partial charge >= 0.3 is 0 Å². The summed E-state index contributed by atoms with van der Waals surface area (Å²) in [4.78, 5) is 0.262. The molecule has 0 aliphatic heterocycles. The minimum absolute atomic E-state index is 0.245. The molecule has 0 aromatic heterocycles. The highest BCUT2D eigenvalue weighted by atomic mass is 32.2. The van der Waals surface area contributed by atoms with E-state index in [1.165, 1.54) is 0 Å². The maximum Gasteiger partial charge on any atom is 0.240 e. The molecule has 0 fully saturated rings. The van der Waals surface area contributed by atoms with Crippen LogP contribution in [-0.2, 0) is 10.0 Å². The smallest absolute Gasteiger partial charge is 0.240 e. The van der Waals surface area contributed by atoms with E-state index in [1.807, 2.05) is 20.2 Å². The molecule has 2 N–H and O–H groups in total. The molecule has 1 atom stereocenters. The number of hydrogen-bond acceptors (Lipinski definition) is 5. The van der Waals surface area contributed by atoms with Crippen LogP contribution < -0.4 is 14.8 Å². The van der Waals surface area contributed by atoms with Crippen molar-refractivity contribution >= 4 is 21.8 Å². The van der Waals surface area contributed by atoms with E-state index in [0.29, 0.717) is 18.9 Å². The first kappa shape index (κ1) is 18.3. The summed E-state index contributed by atoms with van der Waals surface area (Å²) in [6, 6.07) is 6.51. The molecule has 21 heavy (non-hydrogen) atoms. The SMILES string of the molecule is CNCCCOc1ccc(S(=O)(=O)NCC(C)SC)cc1. The maximum absolute atomic E-state index is 12.1. The Morgan fingerprint density at radius 2 is 1.95 bits per heavy atom. The highest BCUT2D eigenvalue weighted by Gasteiger charge is 2.14. The van der Waals surface area contributed by atoms with Crippen molar-refractivity contribution < 1.29 is 13.2 Å². The Hall–Kier alpha value is -0.760. The zero-order chi connectivity index (χ0) is 15.7. The van der Waals surface area contributed by atoms with Gasteiger partial charge < -0.3 is 10.1 Å². The average molecular weight is 332 g/mol. The van der Waals surface area contributed by atoms with E-state index >= 15 is 0 Å². The predicted molar refractivity (Wildman–Crippen MR) is 88.6 cm³/mol. The van der Waals surface area contributed by atoms with Crippen molar-refractivity contribution in [2.45, 2.75) is 23.5 Å². The van der Waals surface area contributed by atoms with Gasteiger partial charge in [0.15, 0.2) is 0 Å². The largest absolute Gasteiger partial charge is 0.494 e. The Morgan fingerprint density at radius 3 is 2.52 bits per heavy atom. The molecule has 0 aliphatic rings. The third-order valence-corrected chi connectivity index (χ3v) is 5.35. The predicted octanol–water partition coefficient (Wildman–Crippen LogP) is 1.70. The van der Waals surface area contributed by atoms with Gasteiger partial charge in [-0.3, -0.25) is 0 Å². The summed E-state index contributed by atoms with van der Waals surface area (Å²) in [6.45, 7) is 3.90. The van der Waals surface area contributed by atoms with Crippen molar-refractivity contribution in [1.82, 2.24) is 10.0 Å². The lowest BCUT2D eigenvalue weighted by Gasteiger charge is -2.11. The van der Waals surface area contributed by atoms with Crippen LogP contribution in [-0.4, -0.2) is 46.7 Å². The van der Waals surface area contributed by atoms with Crippen LogP contribution in [0.25, 0.3) is 0 Å². The molecule has 1 unspecified atom stereocenters. The monoisotopic (exact) mass is 332 g/mol. The second-order valence-corrected chi connectivity index (χ2v) is 7.72. The lowest BCUT2D eigenvalue weighted by molar-refractivity contribution is 0.309. The van der Waals surface area contributed by atoms with Crippen LogP contribution in [0.3, 0.4) is 0 Å². The van der Waals surface area contributed by atoms with E-state index in [0.717, 1.165) is 13.0 Å². The fourth-order valence-electron chi connectivity index (χ4n) is 1.55. The summed E-state index contributed by atoms with van der Waals surface area (Å²) in [7, 11) is -1.55. The fourth-order valence-corrected chi connectivity index (χ4v) is 3.03. The summed E-state index contributed by atoms with van der Waals surface area (Å²) in [5.41, 5.74) is 0. The Kier molecular flexibility index (Phi) is 8.10. The number of nitrogens with one attached hydrogen (secondary N) is 2. The van der Waals surface area contributed by atoms with Gasteiger partial charge in [-0.05, 0) is 50.5 Å². The van der Waals surface area contributed by atoms with E-state index in [-0.39, 0.29) is 10.1 Å². The summed E-state index contributed by atoms with van der Waals surface area (Å²) in [6.07, 6.45) is 2.86. The van der Waals surface area contributed by atoms with Gasteiger partial charge in [-0.1, -0.05) is 6.92 Å². The minimum Gasteiger partial charge on any atom is -0.494 e. The fraction of sp³-hybridized carbons (Fsp3) is 0.571. The second-order valence-electron chi connectivity index (χ2n) is 4.68. The lowest BCUT2D eigenvalue weighted by atomic mass is 10.3. The summed E-state index contributed by atoms with van der Waals surface area (Å²) in [5.74, 6) is 0.683. The molecule has 1 aromatic rings. The Balaban J connectivity index is 2.56. The van der Waals surface area contributed by atoms with Crippen molar-refractivity contribution in [3.05, 3.63) is 24.3 Å². The summed E-state index contributed by atoms with van der Waals surface area (Å²) < 4.78 is 32.3. The number of sulfonamides is 1. The first-order valence-electron chi connectivity index (χ1n) is 6.89. The van der Waals surface area contributed by atoms with Crippen molar-refractivity contribution in [1.29, 1.82) is 0 Å². The average Bonchev–Trinajstić information content (AvgIpc) is 2.50. The summed E-state index contributed by atoms with van der Waals surface area (Å²) >= 11 is 1.62. The number of rotatable bonds is 10. The first-order chi connectivity index (χ1) is 9.99. The minimum atomic E-state index is -3.44. The quantitative estimate of drug-likeness (QED) is 0.639. The van der Waals surface area contributed by atoms with Gasteiger partial charge in [0, 0.05) is 11.8 Å². The van der Waals surface area contributed by atoms with E-state index in [2.05, 4.69) is 10.0 Å². The highest BCUT2D eigenvalue weighted by Crippen LogP contribution is 2.16. The van der Waals surface area contributed by atoms with Crippen LogP contribution in [0.4, 0.5) is 0 Å². The Morgan fingerprint density at radius 1 is 1.29 bits per heavy atom. The lowest BCUT2D eigenvalue weighted by Crippen LogP contribution is -2.29. The second kappa shape index (κ2) is 9.30. The van der Waals surface area contributed by atoms with Crippen molar-refractivity contribution in [2.24, 2.45) is 0 Å². The molecule has 0 aliphatic carbocycles. The van der Waals surface area contributed by atoms with Crippen molar-refractivity contribution in [3.63, 3.8) is 0 Å². The highest BCUT2D eigenvalue weighted by molar-refractivity contribution is 7.99. The standard InChI is InChI=1S/C14H24N2O3S2/c1-12(20-3)11-16-21(17,18)14-7-5-13(6-8-14)19-10-4-9-15-2/h5-8,12,15-16H,4,9-11H2,1-3H3. The third-order valence-electron chi connectivity index (χ3n) is 2.94. The molecule has 1 aromatic carbocycles. The van der Waals surface area contributed by atoms with Crippen LogP contribution >= 0.6 is 11.8 Å². The molecule has 0 spiro atoms. The van der Waals surface area contributed by atoms with E-state index in [9.17, 15) is 8.42 Å². The number of benzene rings is 1. The normalized spacial score (nSPS) is 13.1. The van der Waals surface area contributed by atoms with Crippen LogP contribution in [0, 0.1) is 0 Å². The van der Waals surface area contributed by atoms with Gasteiger partial charge in [-0.2, -0.15) is 11.8 Å². The molecule has 0 saturated carbocycles. The molecule has 1 rings (SSSR count). The maximum atomic E-state index is 12.1. The molecule has 0 heterocycles. The van der Waals surface area contributed by atoms with Gasteiger partial charge in [0.2, 0.25) is 10.0 Å². The molecule has 7 heteroatoms. The van der Waals surface area contributed by atoms with E-state index < -0.39 is 10.0 Å². The topological polar surface area (TPSA) is 67.4 Å². The van der Waals surface area contributed by atoms with E-state index in [1.54, 1.807) is 36.0 Å². The van der Waals surface area contributed by atoms with Gasteiger partial charge in [0.1, 0.15) is 5.75 Å². The van der Waals surface area contributed by atoms with Crippen molar-refractivity contribution in [3.8, 4) is 5.75 Å². The van der Waals surface area contributed by atoms with Crippen LogP contribution in [0.15, 0.2) is 29.2 Å². The zero-order valence-corrected chi connectivity index (χ0v) is 14.4. The van der Waals surface area contributed by atoms with Crippen molar-refractivity contribution in [2.75, 3.05) is 33.0 Å². The molecular weight excluding hydrogens is 308 g/mol. The van der Waals surface area contributed by atoms with Gasteiger partial charge in [-0.15, -0.1) is 0 Å². The van der Waals surface area contributed by atoms with Crippen LogP contribution in [0.5, 0.6) is 5.75 Å². The number of thioether (sulfide) groups is 1. The van der Waals surface area contributed by atoms with Crippen LogP contribution in [0.1, 0.15) is 13.3 Å². The number of ether oxygens (including phenoxy) is 1. The van der Waals surface area contributed by atoms with Crippen LogP contribution in [0.2, 0.25) is 0 Å². The number of hydrogen-bond donors (Lipinski definition) is 2. The van der Waals surface area contributed by atoms with E-state index in [4.69, 9.17) is 4.74 Å². The molecule has 0 bridgehead atoms. The van der Waals surface area contributed by atoms with Gasteiger partial charge in [0.25, 0.3) is 0 Å².